The van der Waals surface area contributed by atoms with Gasteiger partial charge in [-0.15, -0.1) is 11.6 Å². The molecule has 0 bridgehead atoms. The van der Waals surface area contributed by atoms with Gasteiger partial charge in [0.25, 0.3) is 0 Å². The smallest absolute Gasteiger partial charge is 0.122 e. The summed E-state index contributed by atoms with van der Waals surface area (Å²) in [6.07, 6.45) is 6.10. The minimum Gasteiger partial charge on any atom is -0.496 e. The number of ether oxygens (including phenoxy) is 1. The first-order chi connectivity index (χ1) is 7.86. The summed E-state index contributed by atoms with van der Waals surface area (Å²) in [7, 11) is 1.76. The molecule has 0 saturated carbocycles. The maximum absolute atomic E-state index is 5.71. The van der Waals surface area contributed by atoms with E-state index in [1.165, 1.54) is 36.8 Å². The molecule has 0 saturated heterocycles. The van der Waals surface area contributed by atoms with E-state index < -0.39 is 0 Å². The van der Waals surface area contributed by atoms with Gasteiger partial charge in [0.1, 0.15) is 5.75 Å². The Balaban J connectivity index is 2.08. The van der Waals surface area contributed by atoms with Gasteiger partial charge in [-0.1, -0.05) is 18.6 Å². The quantitative estimate of drug-likeness (QED) is 0.554. The van der Waals surface area contributed by atoms with Crippen LogP contribution >= 0.6 is 11.6 Å². The highest BCUT2D eigenvalue weighted by Crippen LogP contribution is 2.40. The number of hydrogen-bond acceptors (Lipinski definition) is 1. The summed E-state index contributed by atoms with van der Waals surface area (Å²) in [4.78, 5) is 0. The molecule has 2 rings (SSSR count). The minimum atomic E-state index is 0.730. The van der Waals surface area contributed by atoms with Crippen molar-refractivity contribution in [3.05, 3.63) is 29.3 Å². The number of halogens is 1. The van der Waals surface area contributed by atoms with Crippen molar-refractivity contribution >= 4 is 11.6 Å². The van der Waals surface area contributed by atoms with Crippen LogP contribution < -0.4 is 4.74 Å². The number of hydrogen-bond donors (Lipinski definition) is 0. The molecule has 0 N–H and O–H groups in total. The van der Waals surface area contributed by atoms with Crippen molar-refractivity contribution in [2.45, 2.75) is 38.0 Å². The van der Waals surface area contributed by atoms with Gasteiger partial charge < -0.3 is 4.74 Å². The van der Waals surface area contributed by atoms with Crippen molar-refractivity contribution in [1.82, 2.24) is 0 Å². The molecular weight excluding hydrogens is 220 g/mol. The predicted molar refractivity (Wildman–Crippen MR) is 68.6 cm³/mol. The molecule has 0 unspecified atom stereocenters. The van der Waals surface area contributed by atoms with Gasteiger partial charge in [0.15, 0.2) is 0 Å². The molecule has 16 heavy (non-hydrogen) atoms. The van der Waals surface area contributed by atoms with Crippen molar-refractivity contribution in [3.63, 3.8) is 0 Å². The number of alkyl halides is 1. The molecule has 0 radical (unpaired) electrons. The van der Waals surface area contributed by atoms with Gasteiger partial charge in [-0.3, -0.25) is 0 Å². The van der Waals surface area contributed by atoms with Gasteiger partial charge in [-0.05, 0) is 48.8 Å². The van der Waals surface area contributed by atoms with E-state index in [0.29, 0.717) is 0 Å². The Hall–Kier alpha value is -0.690. The van der Waals surface area contributed by atoms with Crippen molar-refractivity contribution in [3.8, 4) is 5.75 Å². The highest BCUT2D eigenvalue weighted by atomic mass is 35.5. The summed E-state index contributed by atoms with van der Waals surface area (Å²) in [5.74, 6) is 2.59. The van der Waals surface area contributed by atoms with E-state index >= 15 is 0 Å². The van der Waals surface area contributed by atoms with Crippen LogP contribution in [-0.2, 0) is 6.42 Å². The van der Waals surface area contributed by atoms with Gasteiger partial charge in [0, 0.05) is 5.88 Å². The Morgan fingerprint density at radius 3 is 3.00 bits per heavy atom. The lowest BCUT2D eigenvalue weighted by Crippen LogP contribution is -1.95. The Morgan fingerprint density at radius 1 is 1.38 bits per heavy atom. The molecule has 1 aliphatic carbocycles. The topological polar surface area (TPSA) is 9.23 Å². The Bertz CT molecular complexity index is 349. The lowest BCUT2D eigenvalue weighted by atomic mass is 9.95. The zero-order valence-electron chi connectivity index (χ0n) is 9.84. The van der Waals surface area contributed by atoms with Gasteiger partial charge in [-0.2, -0.15) is 0 Å². The fourth-order valence-electron chi connectivity index (χ4n) is 2.68. The van der Waals surface area contributed by atoms with Crippen LogP contribution in [0.3, 0.4) is 0 Å². The molecule has 0 aromatic heterocycles. The molecule has 1 aromatic rings. The fraction of sp³-hybridized carbons (Fsp3) is 0.571. The maximum Gasteiger partial charge on any atom is 0.122 e. The van der Waals surface area contributed by atoms with E-state index in [1.807, 2.05) is 0 Å². The fourth-order valence-corrected chi connectivity index (χ4v) is 2.87. The monoisotopic (exact) mass is 238 g/mol. The highest BCUT2D eigenvalue weighted by Gasteiger charge is 2.24. The number of benzene rings is 1. The lowest BCUT2D eigenvalue weighted by molar-refractivity contribution is 0.410. The third-order valence-corrected chi connectivity index (χ3v) is 3.78. The molecule has 1 atom stereocenters. The SMILES string of the molecule is COc1cccc2c1CC[C@@H]2CCCCCl. The third-order valence-electron chi connectivity index (χ3n) is 3.51. The zero-order chi connectivity index (χ0) is 11.4. The van der Waals surface area contributed by atoms with E-state index in [1.54, 1.807) is 7.11 Å². The molecular formula is C14H19ClO. The molecule has 0 aliphatic heterocycles. The van der Waals surface area contributed by atoms with Gasteiger partial charge in [0.05, 0.1) is 7.11 Å². The van der Waals surface area contributed by atoms with Crippen LogP contribution in [0, 0.1) is 0 Å². The minimum absolute atomic E-state index is 0.730. The summed E-state index contributed by atoms with van der Waals surface area (Å²) in [6.45, 7) is 0. The molecule has 1 aliphatic rings. The standard InChI is InChI=1S/C14H19ClO/c1-16-14-7-4-6-12-11(5-2-3-10-15)8-9-13(12)14/h4,6-7,11H,2-3,5,8-10H2,1H3/t11-/m0/s1. The summed E-state index contributed by atoms with van der Waals surface area (Å²) >= 11 is 5.71. The van der Waals surface area contributed by atoms with E-state index in [2.05, 4.69) is 18.2 Å². The van der Waals surface area contributed by atoms with E-state index in [0.717, 1.165) is 24.0 Å². The van der Waals surface area contributed by atoms with Crippen LogP contribution in [0.4, 0.5) is 0 Å². The zero-order valence-corrected chi connectivity index (χ0v) is 10.6. The molecule has 1 nitrogen and oxygen atoms in total. The second-order valence-corrected chi connectivity index (χ2v) is 4.83. The summed E-state index contributed by atoms with van der Waals surface area (Å²) in [5, 5.41) is 0. The second kappa shape index (κ2) is 5.58. The highest BCUT2D eigenvalue weighted by molar-refractivity contribution is 6.17. The normalized spacial score (nSPS) is 18.5. The van der Waals surface area contributed by atoms with Gasteiger partial charge in [-0.25, -0.2) is 0 Å². The first-order valence-electron chi connectivity index (χ1n) is 6.08. The Kier molecular flexibility index (Phi) is 4.11. The van der Waals surface area contributed by atoms with Crippen LogP contribution in [0.25, 0.3) is 0 Å². The molecule has 88 valence electrons. The van der Waals surface area contributed by atoms with Crippen LogP contribution in [0.15, 0.2) is 18.2 Å². The molecule has 1 aromatic carbocycles. The van der Waals surface area contributed by atoms with Gasteiger partial charge in [0.2, 0.25) is 0 Å². The largest absolute Gasteiger partial charge is 0.496 e. The van der Waals surface area contributed by atoms with Crippen molar-refractivity contribution in [1.29, 1.82) is 0 Å². The Morgan fingerprint density at radius 2 is 2.25 bits per heavy atom. The third kappa shape index (κ3) is 2.35. The Labute approximate surface area is 103 Å². The number of rotatable bonds is 5. The maximum atomic E-state index is 5.71. The van der Waals surface area contributed by atoms with Crippen molar-refractivity contribution in [2.24, 2.45) is 0 Å². The second-order valence-electron chi connectivity index (χ2n) is 4.45. The van der Waals surface area contributed by atoms with Crippen LogP contribution in [0.2, 0.25) is 0 Å². The molecule has 0 amide bonds. The summed E-state index contributed by atoms with van der Waals surface area (Å²) < 4.78 is 5.41. The molecule has 0 heterocycles. The van der Waals surface area contributed by atoms with E-state index in [9.17, 15) is 0 Å². The van der Waals surface area contributed by atoms with Gasteiger partial charge >= 0.3 is 0 Å². The predicted octanol–water partition coefficient (Wildman–Crippen LogP) is 4.13. The first-order valence-corrected chi connectivity index (χ1v) is 6.62. The van der Waals surface area contributed by atoms with E-state index in [-0.39, 0.29) is 0 Å². The molecule has 0 spiro atoms. The number of methoxy groups -OCH3 is 1. The average Bonchev–Trinajstić information content (AvgIpc) is 2.73. The van der Waals surface area contributed by atoms with Crippen LogP contribution in [0.1, 0.15) is 42.7 Å². The van der Waals surface area contributed by atoms with Crippen molar-refractivity contribution < 1.29 is 4.74 Å². The van der Waals surface area contributed by atoms with E-state index in [4.69, 9.17) is 16.3 Å². The number of unbranched alkanes of at least 4 members (excludes halogenated alkanes) is 1. The molecule has 0 fully saturated rings. The molecule has 2 heteroatoms. The summed E-state index contributed by atoms with van der Waals surface area (Å²) in [5.41, 5.74) is 2.94. The average molecular weight is 239 g/mol. The summed E-state index contributed by atoms with van der Waals surface area (Å²) in [6, 6.07) is 6.44. The van der Waals surface area contributed by atoms with Crippen LogP contribution in [0.5, 0.6) is 5.75 Å². The first kappa shape index (κ1) is 11.8. The van der Waals surface area contributed by atoms with Crippen molar-refractivity contribution in [2.75, 3.05) is 13.0 Å². The lowest BCUT2D eigenvalue weighted by Gasteiger charge is -2.12. The van der Waals surface area contributed by atoms with Crippen LogP contribution in [-0.4, -0.2) is 13.0 Å². The number of fused-ring (bicyclic) bond motifs is 1.